The van der Waals surface area contributed by atoms with Crippen LogP contribution in [0.5, 0.6) is 11.5 Å². The predicted octanol–water partition coefficient (Wildman–Crippen LogP) is 1.35. The topological polar surface area (TPSA) is 77.4 Å². The molecule has 0 radical (unpaired) electrons. The molecule has 1 heterocycles. The van der Waals surface area contributed by atoms with Crippen LogP contribution in [0.1, 0.15) is 12.5 Å². The highest BCUT2D eigenvalue weighted by Crippen LogP contribution is 2.32. The van der Waals surface area contributed by atoms with Gasteiger partial charge in [0.25, 0.3) is 0 Å². The third-order valence-corrected chi connectivity index (χ3v) is 2.44. The van der Waals surface area contributed by atoms with Gasteiger partial charge in [0.15, 0.2) is 17.2 Å². The van der Waals surface area contributed by atoms with Crippen LogP contribution in [0.2, 0.25) is 0 Å². The lowest BCUT2D eigenvalue weighted by Crippen LogP contribution is -2.20. The first kappa shape index (κ1) is 12.2. The molecule has 2 rings (SSSR count). The maximum absolute atomic E-state index is 11.4. The smallest absolute Gasteiger partial charge is 0.356 e. The Kier molecular flexibility index (Phi) is 3.66. The van der Waals surface area contributed by atoms with Gasteiger partial charge in [-0.15, -0.1) is 0 Å². The number of nitrogens with zero attached hydrogens (tertiary/aromatic N) is 1. The number of rotatable bonds is 4. The van der Waals surface area contributed by atoms with Gasteiger partial charge < -0.3 is 19.4 Å². The SMILES string of the molecule is CCOC(=O)/C(Cc1ccc2c(c1)OCO2)=N/O. The summed E-state index contributed by atoms with van der Waals surface area (Å²) in [5, 5.41) is 11.8. The number of carbonyl (C=O) groups excluding carboxylic acids is 1. The molecule has 0 atom stereocenters. The number of hydrogen-bond acceptors (Lipinski definition) is 6. The summed E-state index contributed by atoms with van der Waals surface area (Å²) in [6.07, 6.45) is 0.173. The Morgan fingerprint density at radius 3 is 2.94 bits per heavy atom. The number of benzene rings is 1. The maximum atomic E-state index is 11.4. The number of esters is 1. The van der Waals surface area contributed by atoms with Crippen molar-refractivity contribution in [3.8, 4) is 11.5 Å². The van der Waals surface area contributed by atoms with Crippen molar-refractivity contribution < 1.29 is 24.2 Å². The molecular formula is C12H13NO5. The minimum atomic E-state index is -0.627. The Balaban J connectivity index is 2.11. The summed E-state index contributed by atoms with van der Waals surface area (Å²) in [4.78, 5) is 11.4. The van der Waals surface area contributed by atoms with E-state index in [9.17, 15) is 4.79 Å². The first-order valence-electron chi connectivity index (χ1n) is 5.51. The minimum absolute atomic E-state index is 0.0456. The highest BCUT2D eigenvalue weighted by molar-refractivity contribution is 6.36. The van der Waals surface area contributed by atoms with Crippen molar-refractivity contribution in [3.05, 3.63) is 23.8 Å². The van der Waals surface area contributed by atoms with Gasteiger partial charge in [0.05, 0.1) is 6.61 Å². The van der Waals surface area contributed by atoms with E-state index in [1.165, 1.54) is 0 Å². The van der Waals surface area contributed by atoms with Crippen LogP contribution in [0.3, 0.4) is 0 Å². The van der Waals surface area contributed by atoms with Crippen LogP contribution >= 0.6 is 0 Å². The molecule has 0 aromatic heterocycles. The van der Waals surface area contributed by atoms with Crippen molar-refractivity contribution in [2.75, 3.05) is 13.4 Å². The highest BCUT2D eigenvalue weighted by atomic mass is 16.7. The Morgan fingerprint density at radius 1 is 1.44 bits per heavy atom. The average molecular weight is 251 g/mol. The number of oxime groups is 1. The first-order chi connectivity index (χ1) is 8.74. The van der Waals surface area contributed by atoms with Crippen molar-refractivity contribution >= 4 is 11.7 Å². The highest BCUT2D eigenvalue weighted by Gasteiger charge is 2.17. The zero-order valence-electron chi connectivity index (χ0n) is 9.88. The summed E-state index contributed by atoms with van der Waals surface area (Å²) < 4.78 is 15.2. The molecule has 6 heteroatoms. The average Bonchev–Trinajstić information content (AvgIpc) is 2.83. The monoisotopic (exact) mass is 251 g/mol. The summed E-state index contributed by atoms with van der Waals surface area (Å²) >= 11 is 0. The van der Waals surface area contributed by atoms with Crippen molar-refractivity contribution in [1.82, 2.24) is 0 Å². The minimum Gasteiger partial charge on any atom is -0.461 e. The van der Waals surface area contributed by atoms with Crippen LogP contribution in [0.4, 0.5) is 0 Å². The second-order valence-electron chi connectivity index (χ2n) is 3.63. The van der Waals surface area contributed by atoms with Crippen molar-refractivity contribution in [3.63, 3.8) is 0 Å². The normalized spacial score (nSPS) is 13.5. The van der Waals surface area contributed by atoms with Gasteiger partial charge in [0.1, 0.15) is 0 Å². The molecule has 1 N–H and O–H groups in total. The molecule has 0 spiro atoms. The third-order valence-electron chi connectivity index (χ3n) is 2.44. The molecule has 0 amide bonds. The van der Waals surface area contributed by atoms with Crippen LogP contribution in [0.25, 0.3) is 0 Å². The molecule has 1 aliphatic heterocycles. The van der Waals surface area contributed by atoms with E-state index in [0.717, 1.165) is 5.56 Å². The van der Waals surface area contributed by atoms with E-state index in [-0.39, 0.29) is 25.5 Å². The van der Waals surface area contributed by atoms with Gasteiger partial charge in [-0.1, -0.05) is 11.2 Å². The molecule has 1 aromatic rings. The molecule has 0 unspecified atom stereocenters. The molecule has 1 aliphatic rings. The first-order valence-corrected chi connectivity index (χ1v) is 5.51. The summed E-state index contributed by atoms with van der Waals surface area (Å²) in [5.41, 5.74) is 0.732. The van der Waals surface area contributed by atoms with Crippen LogP contribution < -0.4 is 9.47 Å². The zero-order valence-corrected chi connectivity index (χ0v) is 9.88. The van der Waals surface area contributed by atoms with E-state index in [4.69, 9.17) is 19.4 Å². The molecular weight excluding hydrogens is 238 g/mol. The Labute approximate surface area is 104 Å². The summed E-state index contributed by atoms with van der Waals surface area (Å²) in [6.45, 7) is 2.12. The summed E-state index contributed by atoms with van der Waals surface area (Å²) in [5.74, 6) is 0.656. The van der Waals surface area contributed by atoms with Crippen LogP contribution in [-0.2, 0) is 16.0 Å². The standard InChI is InChI=1S/C12H13NO5/c1-2-16-12(14)9(13-15)5-8-3-4-10-11(6-8)18-7-17-10/h3-4,6,15H,2,5,7H2,1H3/b13-9+. The Morgan fingerprint density at radius 2 is 2.22 bits per heavy atom. The molecule has 0 aliphatic carbocycles. The maximum Gasteiger partial charge on any atom is 0.356 e. The van der Waals surface area contributed by atoms with Crippen molar-refractivity contribution in [1.29, 1.82) is 0 Å². The Bertz CT molecular complexity index is 483. The molecule has 0 saturated carbocycles. The molecule has 6 nitrogen and oxygen atoms in total. The van der Waals surface area contributed by atoms with Crippen LogP contribution in [-0.4, -0.2) is 30.3 Å². The quantitative estimate of drug-likeness (QED) is 0.378. The van der Waals surface area contributed by atoms with E-state index in [0.29, 0.717) is 11.5 Å². The number of hydrogen-bond donors (Lipinski definition) is 1. The lowest BCUT2D eigenvalue weighted by Gasteiger charge is -2.05. The Hall–Kier alpha value is -2.24. The van der Waals surface area contributed by atoms with Gasteiger partial charge in [-0.3, -0.25) is 0 Å². The van der Waals surface area contributed by atoms with Crippen LogP contribution in [0, 0.1) is 0 Å². The molecule has 96 valence electrons. The van der Waals surface area contributed by atoms with E-state index >= 15 is 0 Å². The van der Waals surface area contributed by atoms with E-state index in [2.05, 4.69) is 5.16 Å². The van der Waals surface area contributed by atoms with E-state index in [1.54, 1.807) is 25.1 Å². The number of fused-ring (bicyclic) bond motifs is 1. The fraction of sp³-hybridized carbons (Fsp3) is 0.333. The molecule has 0 saturated heterocycles. The number of carbonyl (C=O) groups is 1. The second-order valence-corrected chi connectivity index (χ2v) is 3.63. The van der Waals surface area contributed by atoms with Gasteiger partial charge in [-0.25, -0.2) is 4.79 Å². The van der Waals surface area contributed by atoms with Crippen molar-refractivity contribution in [2.45, 2.75) is 13.3 Å². The molecule has 0 fully saturated rings. The van der Waals surface area contributed by atoms with Gasteiger partial charge >= 0.3 is 5.97 Å². The number of ether oxygens (including phenoxy) is 3. The van der Waals surface area contributed by atoms with Gasteiger partial charge in [-0.2, -0.15) is 0 Å². The zero-order chi connectivity index (χ0) is 13.0. The largest absolute Gasteiger partial charge is 0.461 e. The predicted molar refractivity (Wildman–Crippen MR) is 62.1 cm³/mol. The van der Waals surface area contributed by atoms with Gasteiger partial charge in [-0.05, 0) is 24.6 Å². The molecule has 0 bridgehead atoms. The fourth-order valence-corrected chi connectivity index (χ4v) is 1.61. The lowest BCUT2D eigenvalue weighted by molar-refractivity contribution is -0.135. The van der Waals surface area contributed by atoms with E-state index in [1.807, 2.05) is 0 Å². The molecule has 18 heavy (non-hydrogen) atoms. The van der Waals surface area contributed by atoms with Gasteiger partial charge in [0, 0.05) is 6.42 Å². The fourth-order valence-electron chi connectivity index (χ4n) is 1.61. The molecule has 1 aromatic carbocycles. The third kappa shape index (κ3) is 2.53. The lowest BCUT2D eigenvalue weighted by atomic mass is 10.1. The van der Waals surface area contributed by atoms with E-state index < -0.39 is 5.97 Å². The van der Waals surface area contributed by atoms with Crippen molar-refractivity contribution in [2.24, 2.45) is 5.16 Å². The second kappa shape index (κ2) is 5.39. The van der Waals surface area contributed by atoms with Gasteiger partial charge in [0.2, 0.25) is 6.79 Å². The summed E-state index contributed by atoms with van der Waals surface area (Å²) in [7, 11) is 0. The summed E-state index contributed by atoms with van der Waals surface area (Å²) in [6, 6.07) is 5.27. The van der Waals surface area contributed by atoms with Crippen LogP contribution in [0.15, 0.2) is 23.4 Å².